The molecule has 0 saturated carbocycles. The summed E-state index contributed by atoms with van der Waals surface area (Å²) >= 11 is 0. The maximum atomic E-state index is 11.8. The first-order chi connectivity index (χ1) is 15.4. The second-order valence-electron chi connectivity index (χ2n) is 10.4. The maximum absolute atomic E-state index is 11.8. The van der Waals surface area contributed by atoms with E-state index < -0.39 is 24.0 Å². The molecule has 0 spiro atoms. The average Bonchev–Trinajstić information content (AvgIpc) is 3.09. The van der Waals surface area contributed by atoms with Crippen molar-refractivity contribution in [3.05, 3.63) is 11.1 Å². The number of hydrogen-bond acceptors (Lipinski definition) is 3. The summed E-state index contributed by atoms with van der Waals surface area (Å²) < 4.78 is 5.71. The Morgan fingerprint density at radius 2 is 1.50 bits per heavy atom. The number of carboxylic acid groups (broad SMARTS) is 1. The molecule has 0 radical (unpaired) electrons. The highest BCUT2D eigenvalue weighted by atomic mass is 16.5. The van der Waals surface area contributed by atoms with Crippen LogP contribution in [0.1, 0.15) is 130 Å². The van der Waals surface area contributed by atoms with Gasteiger partial charge in [-0.25, -0.2) is 4.79 Å². The second-order valence-corrected chi connectivity index (χ2v) is 10.4. The fourth-order valence-corrected chi connectivity index (χ4v) is 5.48. The molecule has 0 aromatic carbocycles. The number of hydrogen-bond donors (Lipinski definition) is 2. The molecule has 1 saturated heterocycles. The van der Waals surface area contributed by atoms with Gasteiger partial charge in [0.1, 0.15) is 5.72 Å². The summed E-state index contributed by atoms with van der Waals surface area (Å²) in [5.74, 6) is 0. The first-order valence-corrected chi connectivity index (χ1v) is 13.4. The maximum Gasteiger partial charge on any atom is 0.410 e. The number of rotatable bonds is 15. The van der Waals surface area contributed by atoms with Crippen LogP contribution in [0.25, 0.3) is 0 Å². The van der Waals surface area contributed by atoms with Crippen LogP contribution in [0.2, 0.25) is 0 Å². The van der Waals surface area contributed by atoms with Crippen LogP contribution < -0.4 is 0 Å². The lowest BCUT2D eigenvalue weighted by molar-refractivity contribution is -0.0454. The minimum Gasteiger partial charge on any atom is -0.465 e. The van der Waals surface area contributed by atoms with Crippen molar-refractivity contribution in [3.63, 3.8) is 0 Å². The normalized spacial score (nSPS) is 21.9. The lowest BCUT2D eigenvalue weighted by Gasteiger charge is -2.35. The van der Waals surface area contributed by atoms with E-state index in [9.17, 15) is 15.0 Å². The molecule has 1 fully saturated rings. The van der Waals surface area contributed by atoms with Crippen LogP contribution in [0.15, 0.2) is 11.1 Å². The van der Waals surface area contributed by atoms with Crippen molar-refractivity contribution in [2.75, 3.05) is 6.61 Å². The van der Waals surface area contributed by atoms with Gasteiger partial charge in [-0.15, -0.1) is 0 Å². The molecular formula is C27H49NO4. The van der Waals surface area contributed by atoms with E-state index in [1.54, 1.807) is 13.8 Å². The topological polar surface area (TPSA) is 70.0 Å². The highest BCUT2D eigenvalue weighted by molar-refractivity contribution is 5.67. The Labute approximate surface area is 196 Å². The Kier molecular flexibility index (Phi) is 12.1. The highest BCUT2D eigenvalue weighted by Gasteiger charge is 2.47. The molecule has 5 heteroatoms. The fourth-order valence-electron chi connectivity index (χ4n) is 5.48. The zero-order valence-electron chi connectivity index (χ0n) is 21.0. The molecule has 1 heterocycles. The van der Waals surface area contributed by atoms with Gasteiger partial charge in [0.15, 0.2) is 0 Å². The molecule has 1 unspecified atom stereocenters. The van der Waals surface area contributed by atoms with Crippen molar-refractivity contribution in [1.29, 1.82) is 0 Å². The lowest BCUT2D eigenvalue weighted by Crippen LogP contribution is -2.51. The standard InChI is InChI=1S/C27H49NO4/c1-4-5-6-7-8-9-10-11-12-13-14-15-18-22-19-16-17-20-23(22)25(29)24-21-32-27(2,3)28(24)26(30)31/h24-25,29H,4-21H2,1-3H3,(H,30,31)/t24-,25?/m0/s1. The first kappa shape index (κ1) is 27.2. The van der Waals surface area contributed by atoms with E-state index in [1.165, 1.54) is 93.9 Å². The molecule has 0 bridgehead atoms. The Morgan fingerprint density at radius 1 is 0.969 bits per heavy atom. The molecule has 5 nitrogen and oxygen atoms in total. The predicted molar refractivity (Wildman–Crippen MR) is 131 cm³/mol. The van der Waals surface area contributed by atoms with Gasteiger partial charge in [0, 0.05) is 0 Å². The summed E-state index contributed by atoms with van der Waals surface area (Å²) in [5, 5.41) is 20.8. The first-order valence-electron chi connectivity index (χ1n) is 13.4. The predicted octanol–water partition coefficient (Wildman–Crippen LogP) is 7.42. The molecule has 2 atom stereocenters. The zero-order valence-corrected chi connectivity index (χ0v) is 21.0. The van der Waals surface area contributed by atoms with E-state index in [0.29, 0.717) is 0 Å². The molecule has 2 aliphatic rings. The number of carbonyl (C=O) groups is 1. The fraction of sp³-hybridized carbons (Fsp3) is 0.889. The third kappa shape index (κ3) is 8.37. The monoisotopic (exact) mass is 451 g/mol. The van der Waals surface area contributed by atoms with Crippen LogP contribution >= 0.6 is 0 Å². The van der Waals surface area contributed by atoms with Gasteiger partial charge in [-0.1, -0.05) is 83.1 Å². The number of ether oxygens (including phenoxy) is 1. The molecule has 0 aromatic heterocycles. The molecule has 186 valence electrons. The van der Waals surface area contributed by atoms with Gasteiger partial charge in [-0.2, -0.15) is 0 Å². The lowest BCUT2D eigenvalue weighted by atomic mass is 9.83. The van der Waals surface area contributed by atoms with Crippen molar-refractivity contribution < 1.29 is 19.7 Å². The third-order valence-electron chi connectivity index (χ3n) is 7.41. The summed E-state index contributed by atoms with van der Waals surface area (Å²) in [6.07, 6.45) is 19.6. The van der Waals surface area contributed by atoms with Crippen molar-refractivity contribution in [2.24, 2.45) is 0 Å². The number of nitrogens with zero attached hydrogens (tertiary/aromatic N) is 1. The molecule has 0 aromatic rings. The summed E-state index contributed by atoms with van der Waals surface area (Å²) in [6, 6.07) is -0.507. The number of allylic oxidation sites excluding steroid dienone is 1. The second kappa shape index (κ2) is 14.2. The van der Waals surface area contributed by atoms with Crippen LogP contribution in [-0.2, 0) is 4.74 Å². The van der Waals surface area contributed by atoms with Crippen LogP contribution in [0.3, 0.4) is 0 Å². The molecule has 2 rings (SSSR count). The van der Waals surface area contributed by atoms with Crippen molar-refractivity contribution >= 4 is 6.09 Å². The van der Waals surface area contributed by atoms with E-state index in [1.807, 2.05) is 0 Å². The van der Waals surface area contributed by atoms with Gasteiger partial charge in [-0.05, 0) is 57.9 Å². The van der Waals surface area contributed by atoms with Gasteiger partial charge in [0.2, 0.25) is 0 Å². The van der Waals surface area contributed by atoms with Crippen LogP contribution in [-0.4, -0.2) is 45.7 Å². The van der Waals surface area contributed by atoms with E-state index in [-0.39, 0.29) is 6.61 Å². The van der Waals surface area contributed by atoms with Gasteiger partial charge in [0.25, 0.3) is 0 Å². The van der Waals surface area contributed by atoms with E-state index in [0.717, 1.165) is 31.3 Å². The van der Waals surface area contributed by atoms with Gasteiger partial charge in [0.05, 0.1) is 18.8 Å². The average molecular weight is 452 g/mol. The van der Waals surface area contributed by atoms with Gasteiger partial charge in [-0.3, -0.25) is 4.90 Å². The van der Waals surface area contributed by atoms with Crippen molar-refractivity contribution in [1.82, 2.24) is 4.90 Å². The largest absolute Gasteiger partial charge is 0.465 e. The molecule has 1 amide bonds. The summed E-state index contributed by atoms with van der Waals surface area (Å²) in [4.78, 5) is 13.1. The number of aliphatic hydroxyl groups excluding tert-OH is 1. The summed E-state index contributed by atoms with van der Waals surface area (Å²) in [7, 11) is 0. The molecule has 32 heavy (non-hydrogen) atoms. The smallest absolute Gasteiger partial charge is 0.410 e. The van der Waals surface area contributed by atoms with Crippen LogP contribution in [0.5, 0.6) is 0 Å². The Morgan fingerprint density at radius 3 is 2.06 bits per heavy atom. The van der Waals surface area contributed by atoms with E-state index in [2.05, 4.69) is 6.92 Å². The molecule has 2 N–H and O–H groups in total. The minimum absolute atomic E-state index is 0.260. The SMILES string of the molecule is CCCCCCCCCCCCCCC1=C(C(O)[C@@H]2COC(C)(C)N2C(=O)O)CCCC1. The van der Waals surface area contributed by atoms with Crippen LogP contribution in [0, 0.1) is 0 Å². The Balaban J connectivity index is 1.72. The zero-order chi connectivity index (χ0) is 23.4. The van der Waals surface area contributed by atoms with Gasteiger partial charge < -0.3 is 14.9 Å². The minimum atomic E-state index is -1.02. The Hall–Kier alpha value is -1.07. The quantitative estimate of drug-likeness (QED) is 0.201. The Bertz CT molecular complexity index is 586. The molecule has 1 aliphatic heterocycles. The number of aliphatic hydroxyl groups is 1. The van der Waals surface area contributed by atoms with E-state index in [4.69, 9.17) is 4.74 Å². The summed E-state index contributed by atoms with van der Waals surface area (Å²) in [5.41, 5.74) is 1.59. The summed E-state index contributed by atoms with van der Waals surface area (Å²) in [6.45, 7) is 6.05. The van der Waals surface area contributed by atoms with Crippen molar-refractivity contribution in [2.45, 2.75) is 148 Å². The van der Waals surface area contributed by atoms with E-state index >= 15 is 0 Å². The molecular weight excluding hydrogens is 402 g/mol. The number of amides is 1. The number of unbranched alkanes of at least 4 members (excludes halogenated alkanes) is 11. The van der Waals surface area contributed by atoms with Gasteiger partial charge >= 0.3 is 6.09 Å². The van der Waals surface area contributed by atoms with Crippen LogP contribution in [0.4, 0.5) is 4.79 Å². The third-order valence-corrected chi connectivity index (χ3v) is 7.41. The molecule has 1 aliphatic carbocycles. The highest BCUT2D eigenvalue weighted by Crippen LogP contribution is 2.36. The van der Waals surface area contributed by atoms with Crippen molar-refractivity contribution in [3.8, 4) is 0 Å².